The summed E-state index contributed by atoms with van der Waals surface area (Å²) in [7, 11) is 1.64. The third-order valence-corrected chi connectivity index (χ3v) is 6.79. The van der Waals surface area contributed by atoms with Crippen molar-refractivity contribution in [3.05, 3.63) is 71.7 Å². The van der Waals surface area contributed by atoms with Gasteiger partial charge in [-0.3, -0.25) is 9.78 Å². The molecule has 11 heteroatoms. The van der Waals surface area contributed by atoms with Crippen LogP contribution in [-0.4, -0.2) is 88.8 Å². The van der Waals surface area contributed by atoms with E-state index in [1.165, 1.54) is 10.5 Å². The molecule has 2 atom stereocenters. The third-order valence-electron chi connectivity index (χ3n) is 6.79. The molecule has 2 aromatic heterocycles. The molecular formula is C32H41N7O4. The zero-order valence-corrected chi connectivity index (χ0v) is 25.5. The number of carbonyl (C=O) groups excluding carboxylic acids is 1. The van der Waals surface area contributed by atoms with Crippen LogP contribution in [0.5, 0.6) is 0 Å². The Labute approximate surface area is 253 Å². The minimum absolute atomic E-state index is 0.279. The quantitative estimate of drug-likeness (QED) is 0.241. The Kier molecular flexibility index (Phi) is 11.0. The van der Waals surface area contributed by atoms with Gasteiger partial charge in [-0.25, -0.2) is 9.88 Å². The van der Waals surface area contributed by atoms with Gasteiger partial charge in [0.15, 0.2) is 0 Å². The lowest BCUT2D eigenvalue weighted by atomic mass is 10.1. The summed E-state index contributed by atoms with van der Waals surface area (Å²) in [6.07, 6.45) is 4.92. The molecule has 43 heavy (non-hydrogen) atoms. The van der Waals surface area contributed by atoms with Crippen molar-refractivity contribution in [2.75, 3.05) is 55.4 Å². The fourth-order valence-electron chi connectivity index (χ4n) is 4.27. The van der Waals surface area contributed by atoms with Gasteiger partial charge in [0.2, 0.25) is 18.3 Å². The molecule has 3 N–H and O–H groups in total. The molecule has 11 nitrogen and oxygen atoms in total. The van der Waals surface area contributed by atoms with Crippen molar-refractivity contribution in [1.82, 2.24) is 19.9 Å². The molecule has 1 aromatic carbocycles. The van der Waals surface area contributed by atoms with Crippen molar-refractivity contribution >= 4 is 23.4 Å². The standard InChI is InChI=1S/C32H41N7O4/c1-23(38(5)31(41)43-32(2,3)4)29(40)36-27-8-6-7-25(21-27)9-10-26-22-35-30(34-16-13-24-11-14-33-15-12-24)37-28(26)39-17-19-42-20-18-39/h6-8,11-12,14-15,21-23,31,41H,13,16-20H2,1-5H3,(H,36,40)(H,34,35,37)/t23-,31?/m0/s1. The predicted molar refractivity (Wildman–Crippen MR) is 167 cm³/mol. The van der Waals surface area contributed by atoms with E-state index in [0.29, 0.717) is 50.0 Å². The summed E-state index contributed by atoms with van der Waals surface area (Å²) in [5, 5.41) is 16.6. The molecule has 4 rings (SSSR count). The number of carbonyl (C=O) groups is 1. The Hall–Kier alpha value is -4.08. The second-order valence-electron chi connectivity index (χ2n) is 11.3. The molecule has 0 radical (unpaired) electrons. The van der Waals surface area contributed by atoms with Gasteiger partial charge in [0.05, 0.1) is 36.6 Å². The monoisotopic (exact) mass is 587 g/mol. The first-order chi connectivity index (χ1) is 20.6. The molecule has 228 valence electrons. The Morgan fingerprint density at radius 2 is 1.93 bits per heavy atom. The van der Waals surface area contributed by atoms with Gasteiger partial charge >= 0.3 is 0 Å². The van der Waals surface area contributed by atoms with Gasteiger partial charge in [0, 0.05) is 43.3 Å². The van der Waals surface area contributed by atoms with Gasteiger partial charge in [0.25, 0.3) is 0 Å². The van der Waals surface area contributed by atoms with E-state index >= 15 is 0 Å². The summed E-state index contributed by atoms with van der Waals surface area (Å²) in [5.74, 6) is 7.45. The summed E-state index contributed by atoms with van der Waals surface area (Å²) < 4.78 is 11.1. The molecule has 0 saturated carbocycles. The highest BCUT2D eigenvalue weighted by molar-refractivity contribution is 5.94. The Bertz CT molecular complexity index is 1410. The fourth-order valence-corrected chi connectivity index (χ4v) is 4.27. The largest absolute Gasteiger partial charge is 0.378 e. The van der Waals surface area contributed by atoms with Gasteiger partial charge in [-0.2, -0.15) is 4.98 Å². The highest BCUT2D eigenvalue weighted by atomic mass is 16.6. The van der Waals surface area contributed by atoms with Crippen LogP contribution in [0.2, 0.25) is 0 Å². The lowest BCUT2D eigenvalue weighted by Gasteiger charge is -2.32. The zero-order chi connectivity index (χ0) is 30.8. The first-order valence-electron chi connectivity index (χ1n) is 14.4. The molecule has 1 saturated heterocycles. The Balaban J connectivity index is 1.45. The average Bonchev–Trinajstić information content (AvgIpc) is 3.00. The van der Waals surface area contributed by atoms with E-state index in [-0.39, 0.29) is 5.91 Å². The number of pyridine rings is 1. The summed E-state index contributed by atoms with van der Waals surface area (Å²) in [6.45, 7) is 10.6. The molecule has 1 aliphatic rings. The lowest BCUT2D eigenvalue weighted by Crippen LogP contribution is -2.48. The maximum atomic E-state index is 12.9. The minimum Gasteiger partial charge on any atom is -0.378 e. The van der Waals surface area contributed by atoms with E-state index < -0.39 is 18.1 Å². The second kappa shape index (κ2) is 14.9. The average molecular weight is 588 g/mol. The van der Waals surface area contributed by atoms with Crippen molar-refractivity contribution in [2.24, 2.45) is 0 Å². The van der Waals surface area contributed by atoms with Crippen molar-refractivity contribution in [1.29, 1.82) is 0 Å². The van der Waals surface area contributed by atoms with Crippen molar-refractivity contribution in [3.63, 3.8) is 0 Å². The summed E-state index contributed by atoms with van der Waals surface area (Å²) in [6, 6.07) is 10.7. The molecule has 1 fully saturated rings. The van der Waals surface area contributed by atoms with E-state index in [4.69, 9.17) is 14.5 Å². The van der Waals surface area contributed by atoms with Crippen molar-refractivity contribution < 1.29 is 19.4 Å². The van der Waals surface area contributed by atoms with Crippen LogP contribution in [0.25, 0.3) is 0 Å². The van der Waals surface area contributed by atoms with Gasteiger partial charge in [-0.1, -0.05) is 17.9 Å². The van der Waals surface area contributed by atoms with Crippen LogP contribution in [0.4, 0.5) is 17.5 Å². The predicted octanol–water partition coefficient (Wildman–Crippen LogP) is 3.11. The highest BCUT2D eigenvalue weighted by Gasteiger charge is 2.27. The van der Waals surface area contributed by atoms with E-state index in [1.807, 2.05) is 51.1 Å². The number of morpholine rings is 1. The number of benzene rings is 1. The van der Waals surface area contributed by atoms with E-state index in [9.17, 15) is 9.90 Å². The topological polar surface area (TPSA) is 125 Å². The van der Waals surface area contributed by atoms with Crippen LogP contribution in [-0.2, 0) is 20.7 Å². The molecule has 0 aliphatic carbocycles. The smallest absolute Gasteiger partial charge is 0.241 e. The molecule has 3 aromatic rings. The number of hydrogen-bond acceptors (Lipinski definition) is 10. The number of nitrogens with one attached hydrogen (secondary N) is 2. The van der Waals surface area contributed by atoms with Crippen LogP contribution in [0.1, 0.15) is 44.4 Å². The number of rotatable bonds is 10. The normalized spacial score (nSPS) is 14.9. The molecular weight excluding hydrogens is 546 g/mol. The number of likely N-dealkylation sites (N-methyl/N-ethyl adjacent to an activating group) is 1. The first-order valence-corrected chi connectivity index (χ1v) is 14.4. The van der Waals surface area contributed by atoms with Gasteiger partial charge in [0.1, 0.15) is 5.82 Å². The van der Waals surface area contributed by atoms with E-state index in [1.54, 1.807) is 38.6 Å². The summed E-state index contributed by atoms with van der Waals surface area (Å²) >= 11 is 0. The van der Waals surface area contributed by atoms with Crippen molar-refractivity contribution in [2.45, 2.75) is 52.2 Å². The Morgan fingerprint density at radius 1 is 1.19 bits per heavy atom. The minimum atomic E-state index is -1.22. The molecule has 0 spiro atoms. The number of nitrogens with zero attached hydrogens (tertiary/aromatic N) is 5. The first kappa shape index (κ1) is 31.8. The van der Waals surface area contributed by atoms with Crippen LogP contribution in [0.3, 0.4) is 0 Å². The summed E-state index contributed by atoms with van der Waals surface area (Å²) in [4.78, 5) is 29.9. The van der Waals surface area contributed by atoms with Crippen LogP contribution in [0.15, 0.2) is 55.0 Å². The highest BCUT2D eigenvalue weighted by Crippen LogP contribution is 2.20. The number of aliphatic hydroxyl groups excluding tert-OH is 1. The maximum absolute atomic E-state index is 12.9. The second-order valence-corrected chi connectivity index (χ2v) is 11.3. The van der Waals surface area contributed by atoms with E-state index in [2.05, 4.69) is 37.3 Å². The number of aliphatic hydroxyl groups is 1. The molecule has 1 unspecified atom stereocenters. The van der Waals surface area contributed by atoms with Gasteiger partial charge in [-0.05, 0) is 77.1 Å². The van der Waals surface area contributed by atoms with Gasteiger partial charge in [-0.15, -0.1) is 0 Å². The number of ether oxygens (including phenoxy) is 2. The van der Waals surface area contributed by atoms with E-state index in [0.717, 1.165) is 17.8 Å². The molecule has 3 heterocycles. The summed E-state index contributed by atoms with van der Waals surface area (Å²) in [5.41, 5.74) is 2.66. The zero-order valence-electron chi connectivity index (χ0n) is 25.5. The van der Waals surface area contributed by atoms with Crippen LogP contribution >= 0.6 is 0 Å². The van der Waals surface area contributed by atoms with Crippen LogP contribution < -0.4 is 15.5 Å². The number of hydrogen-bond donors (Lipinski definition) is 3. The maximum Gasteiger partial charge on any atom is 0.241 e. The molecule has 1 amide bonds. The number of anilines is 3. The van der Waals surface area contributed by atoms with Crippen LogP contribution in [0, 0.1) is 11.8 Å². The molecule has 1 aliphatic heterocycles. The molecule has 0 bridgehead atoms. The fraction of sp³-hybridized carbons (Fsp3) is 0.438. The lowest BCUT2D eigenvalue weighted by molar-refractivity contribution is -0.239. The SMILES string of the molecule is C[C@@H](C(=O)Nc1cccc(C#Cc2cnc(NCCc3ccncc3)nc2N2CCOCC2)c1)N(C)C(O)OC(C)(C)C. The van der Waals surface area contributed by atoms with Gasteiger partial charge < -0.3 is 30.1 Å². The number of amides is 1. The number of aromatic nitrogens is 3. The van der Waals surface area contributed by atoms with Crippen molar-refractivity contribution in [3.8, 4) is 11.8 Å². The third kappa shape index (κ3) is 9.73. The Morgan fingerprint density at radius 3 is 2.65 bits per heavy atom.